The maximum atomic E-state index is 12.8. The third-order valence-corrected chi connectivity index (χ3v) is 4.24. The molecule has 0 saturated heterocycles. The summed E-state index contributed by atoms with van der Waals surface area (Å²) in [6.45, 7) is 0. The Labute approximate surface area is 195 Å². The van der Waals surface area contributed by atoms with Crippen LogP contribution in [0.4, 0.5) is 24.5 Å². The van der Waals surface area contributed by atoms with Gasteiger partial charge in [-0.25, -0.2) is 14.5 Å². The Morgan fingerprint density at radius 2 is 1.51 bits per heavy atom. The second kappa shape index (κ2) is 10.8. The standard InChI is InChI=1S/C20H16N6O2.C2HF3O2/c27-18-17(14-21-20(23-18)25-13-7-12-22-25)19(28)24-26(15-8-3-1-4-9-15)16-10-5-2-6-11-16;3-2(4,5)1(6)7/h1-14H,(H,24,28)(H,21,23,27);(H,6,7). The lowest BCUT2D eigenvalue weighted by Crippen LogP contribution is -2.41. The van der Waals surface area contributed by atoms with E-state index in [1.165, 1.54) is 10.9 Å². The first kappa shape index (κ1) is 24.7. The topological polar surface area (TPSA) is 133 Å². The SMILES string of the molecule is O=C(NN(c1ccccc1)c1ccccc1)c1cnc(-n2cccn2)[nH]c1=O.O=C(O)C(F)(F)F. The number of aromatic nitrogens is 4. The Hall–Kier alpha value is -4.94. The van der Waals surface area contributed by atoms with Gasteiger partial charge in [0.25, 0.3) is 11.5 Å². The molecule has 2 aromatic heterocycles. The van der Waals surface area contributed by atoms with Crippen molar-refractivity contribution < 1.29 is 27.9 Å². The highest BCUT2D eigenvalue weighted by atomic mass is 19.4. The smallest absolute Gasteiger partial charge is 0.475 e. The number of alkyl halides is 3. The number of nitrogens with zero attached hydrogens (tertiary/aromatic N) is 4. The van der Waals surface area contributed by atoms with E-state index in [-0.39, 0.29) is 11.5 Å². The monoisotopic (exact) mass is 486 g/mol. The molecule has 4 aromatic rings. The fourth-order valence-corrected chi connectivity index (χ4v) is 2.65. The van der Waals surface area contributed by atoms with Gasteiger partial charge in [0.15, 0.2) is 0 Å². The second-order valence-electron chi connectivity index (χ2n) is 6.65. The van der Waals surface area contributed by atoms with Crippen LogP contribution in [-0.4, -0.2) is 42.9 Å². The molecule has 4 rings (SSSR count). The van der Waals surface area contributed by atoms with Crippen molar-refractivity contribution in [3.8, 4) is 5.95 Å². The molecule has 1 amide bonds. The van der Waals surface area contributed by atoms with E-state index in [1.54, 1.807) is 23.5 Å². The first-order valence-corrected chi connectivity index (χ1v) is 9.77. The zero-order valence-corrected chi connectivity index (χ0v) is 17.7. The van der Waals surface area contributed by atoms with Crippen molar-refractivity contribution in [1.82, 2.24) is 25.2 Å². The van der Waals surface area contributed by atoms with Gasteiger partial charge < -0.3 is 5.11 Å². The van der Waals surface area contributed by atoms with Crippen LogP contribution >= 0.6 is 0 Å². The van der Waals surface area contributed by atoms with E-state index in [9.17, 15) is 22.8 Å². The van der Waals surface area contributed by atoms with Crippen molar-refractivity contribution >= 4 is 23.3 Å². The maximum Gasteiger partial charge on any atom is 0.490 e. The summed E-state index contributed by atoms with van der Waals surface area (Å²) in [7, 11) is 0. The van der Waals surface area contributed by atoms with Crippen molar-refractivity contribution in [3.05, 3.63) is 101 Å². The van der Waals surface area contributed by atoms with E-state index in [2.05, 4.69) is 20.5 Å². The lowest BCUT2D eigenvalue weighted by molar-refractivity contribution is -0.192. The van der Waals surface area contributed by atoms with Gasteiger partial charge in [0.05, 0.1) is 11.4 Å². The summed E-state index contributed by atoms with van der Waals surface area (Å²) in [4.78, 5) is 40.8. The minimum Gasteiger partial charge on any atom is -0.475 e. The number of rotatable bonds is 5. The molecule has 0 aliphatic rings. The molecule has 0 radical (unpaired) electrons. The molecule has 0 aliphatic heterocycles. The molecule has 13 heteroatoms. The molecular formula is C22H17F3N6O4. The number of halogens is 3. The third kappa shape index (κ3) is 6.54. The van der Waals surface area contributed by atoms with Crippen molar-refractivity contribution in [2.45, 2.75) is 6.18 Å². The molecule has 0 bridgehead atoms. The van der Waals surface area contributed by atoms with Crippen LogP contribution in [0.15, 0.2) is 90.1 Å². The van der Waals surface area contributed by atoms with Crippen LogP contribution < -0.4 is 16.0 Å². The van der Waals surface area contributed by atoms with E-state index >= 15 is 0 Å². The summed E-state index contributed by atoms with van der Waals surface area (Å²) in [5.41, 5.74) is 3.61. The summed E-state index contributed by atoms with van der Waals surface area (Å²) in [6.07, 6.45) is -0.637. The number of benzene rings is 2. The van der Waals surface area contributed by atoms with E-state index in [1.807, 2.05) is 60.7 Å². The largest absolute Gasteiger partial charge is 0.490 e. The Morgan fingerprint density at radius 1 is 0.971 bits per heavy atom. The van der Waals surface area contributed by atoms with Crippen LogP contribution in [0.25, 0.3) is 5.95 Å². The molecular weight excluding hydrogens is 469 g/mol. The minimum absolute atomic E-state index is 0.104. The summed E-state index contributed by atoms with van der Waals surface area (Å²) in [6, 6.07) is 20.4. The fraction of sp³-hybridized carbons (Fsp3) is 0.0455. The number of anilines is 2. The van der Waals surface area contributed by atoms with E-state index in [4.69, 9.17) is 9.90 Å². The number of hydrazine groups is 1. The van der Waals surface area contributed by atoms with Gasteiger partial charge in [0, 0.05) is 18.6 Å². The van der Waals surface area contributed by atoms with Gasteiger partial charge in [0.1, 0.15) is 5.56 Å². The van der Waals surface area contributed by atoms with Gasteiger partial charge in [-0.15, -0.1) is 0 Å². The Kier molecular flexibility index (Phi) is 7.61. The number of aliphatic carboxylic acids is 1. The lowest BCUT2D eigenvalue weighted by Gasteiger charge is -2.25. The zero-order chi connectivity index (χ0) is 25.4. The van der Waals surface area contributed by atoms with E-state index in [0.29, 0.717) is 0 Å². The summed E-state index contributed by atoms with van der Waals surface area (Å²) in [5.74, 6) is -3.10. The fourth-order valence-electron chi connectivity index (χ4n) is 2.65. The van der Waals surface area contributed by atoms with Gasteiger partial charge in [-0.1, -0.05) is 36.4 Å². The normalized spacial score (nSPS) is 10.6. The molecule has 2 heterocycles. The van der Waals surface area contributed by atoms with Crippen molar-refractivity contribution in [3.63, 3.8) is 0 Å². The summed E-state index contributed by atoms with van der Waals surface area (Å²) >= 11 is 0. The van der Waals surface area contributed by atoms with Crippen molar-refractivity contribution in [2.24, 2.45) is 0 Å². The lowest BCUT2D eigenvalue weighted by atomic mass is 10.2. The van der Waals surface area contributed by atoms with Gasteiger partial charge >= 0.3 is 12.1 Å². The van der Waals surface area contributed by atoms with Crippen molar-refractivity contribution in [1.29, 1.82) is 0 Å². The van der Waals surface area contributed by atoms with Gasteiger partial charge in [-0.2, -0.15) is 18.3 Å². The Bertz CT molecular complexity index is 1290. The number of carboxylic acid groups (broad SMARTS) is 1. The van der Waals surface area contributed by atoms with Gasteiger partial charge in [-0.05, 0) is 30.3 Å². The minimum atomic E-state index is -5.08. The summed E-state index contributed by atoms with van der Waals surface area (Å²) < 4.78 is 33.1. The average Bonchev–Trinajstić information content (AvgIpc) is 3.38. The number of carbonyl (C=O) groups is 2. The Balaban J connectivity index is 0.000000429. The van der Waals surface area contributed by atoms with Crippen LogP contribution in [0.3, 0.4) is 0 Å². The molecule has 10 nitrogen and oxygen atoms in total. The number of para-hydroxylation sites is 2. The summed E-state index contributed by atoms with van der Waals surface area (Å²) in [5, 5.41) is 12.7. The molecule has 2 aromatic carbocycles. The van der Waals surface area contributed by atoms with Crippen LogP contribution in [-0.2, 0) is 4.79 Å². The highest BCUT2D eigenvalue weighted by Gasteiger charge is 2.38. The number of amides is 1. The molecule has 0 unspecified atom stereocenters. The maximum absolute atomic E-state index is 12.8. The number of hydrogen-bond acceptors (Lipinski definition) is 6. The number of aromatic amines is 1. The Morgan fingerprint density at radius 3 is 1.94 bits per heavy atom. The quantitative estimate of drug-likeness (QED) is 0.369. The molecule has 0 spiro atoms. The average molecular weight is 486 g/mol. The van der Waals surface area contributed by atoms with Crippen LogP contribution in [0.5, 0.6) is 0 Å². The predicted octanol–water partition coefficient (Wildman–Crippen LogP) is 3.07. The zero-order valence-electron chi connectivity index (χ0n) is 17.7. The number of carboxylic acids is 1. The van der Waals surface area contributed by atoms with Crippen LogP contribution in [0.2, 0.25) is 0 Å². The highest BCUT2D eigenvalue weighted by molar-refractivity contribution is 5.95. The van der Waals surface area contributed by atoms with Gasteiger partial charge in [0.2, 0.25) is 5.95 Å². The molecule has 0 atom stereocenters. The molecule has 180 valence electrons. The molecule has 0 fully saturated rings. The van der Waals surface area contributed by atoms with Crippen LogP contribution in [0.1, 0.15) is 10.4 Å². The number of nitrogens with one attached hydrogen (secondary N) is 2. The molecule has 35 heavy (non-hydrogen) atoms. The van der Waals surface area contributed by atoms with Crippen LogP contribution in [0, 0.1) is 0 Å². The number of carbonyl (C=O) groups excluding carboxylic acids is 1. The second-order valence-corrected chi connectivity index (χ2v) is 6.65. The van der Waals surface area contributed by atoms with E-state index < -0.39 is 23.6 Å². The molecule has 0 aliphatic carbocycles. The third-order valence-electron chi connectivity index (χ3n) is 4.24. The predicted molar refractivity (Wildman–Crippen MR) is 118 cm³/mol. The first-order valence-electron chi connectivity index (χ1n) is 9.77. The number of H-pyrrole nitrogens is 1. The van der Waals surface area contributed by atoms with Crippen molar-refractivity contribution in [2.75, 3.05) is 5.01 Å². The molecule has 3 N–H and O–H groups in total. The molecule has 0 saturated carbocycles. The van der Waals surface area contributed by atoms with Gasteiger partial charge in [-0.3, -0.25) is 25.0 Å². The van der Waals surface area contributed by atoms with E-state index in [0.717, 1.165) is 11.4 Å². The highest BCUT2D eigenvalue weighted by Crippen LogP contribution is 2.22. The first-order chi connectivity index (χ1) is 16.7. The number of hydrogen-bond donors (Lipinski definition) is 3.